The largest absolute Gasteiger partial charge is 0.369 e. The number of hydrogen-bond donors (Lipinski definition) is 2. The molecule has 7 nitrogen and oxygen atoms in total. The third kappa shape index (κ3) is 5.75. The van der Waals surface area contributed by atoms with E-state index in [0.29, 0.717) is 5.69 Å². The first-order valence-corrected chi connectivity index (χ1v) is 11.4. The zero-order valence-electron chi connectivity index (χ0n) is 19.1. The van der Waals surface area contributed by atoms with Crippen LogP contribution in [0, 0.1) is 0 Å². The first-order chi connectivity index (χ1) is 16.8. The van der Waals surface area contributed by atoms with Gasteiger partial charge in [0.15, 0.2) is 0 Å². The van der Waals surface area contributed by atoms with Gasteiger partial charge in [0.2, 0.25) is 11.9 Å². The average Bonchev–Trinajstić information content (AvgIpc) is 2.86. The molecule has 1 amide bonds. The maximum Gasteiger partial charge on any atom is 0.316 e. The molecule has 1 saturated heterocycles. The van der Waals surface area contributed by atoms with Crippen LogP contribution in [0.25, 0.3) is 0 Å². The van der Waals surface area contributed by atoms with Crippen LogP contribution in [0.15, 0.2) is 67.4 Å². The summed E-state index contributed by atoms with van der Waals surface area (Å²) in [6.07, 6.45) is 2.20. The molecule has 1 aromatic heterocycles. The van der Waals surface area contributed by atoms with Crippen molar-refractivity contribution >= 4 is 40.5 Å². The SMILES string of the molecule is C=CC(=O)Nc1cccc(C(F)(F)c2nc(Nc3ccc(N4CCN(C)CC4)cc3)ncc2Cl)c1. The summed E-state index contributed by atoms with van der Waals surface area (Å²) >= 11 is 6.07. The number of halogens is 3. The molecule has 0 unspecified atom stereocenters. The van der Waals surface area contributed by atoms with Gasteiger partial charge in [0.05, 0.1) is 11.2 Å². The number of nitrogens with one attached hydrogen (secondary N) is 2. The van der Waals surface area contributed by atoms with Crippen LogP contribution in [0.5, 0.6) is 0 Å². The molecule has 0 saturated carbocycles. The first-order valence-electron chi connectivity index (χ1n) is 11.0. The van der Waals surface area contributed by atoms with Gasteiger partial charge in [-0.15, -0.1) is 0 Å². The number of aromatic nitrogens is 2. The maximum atomic E-state index is 15.4. The Morgan fingerprint density at radius 1 is 1.11 bits per heavy atom. The van der Waals surface area contributed by atoms with Gasteiger partial charge in [-0.1, -0.05) is 30.3 Å². The third-order valence-electron chi connectivity index (χ3n) is 5.71. The molecule has 0 spiro atoms. The fraction of sp³-hybridized carbons (Fsp3) is 0.240. The summed E-state index contributed by atoms with van der Waals surface area (Å²) in [5.74, 6) is -4.04. The van der Waals surface area contributed by atoms with Crippen LogP contribution in [-0.4, -0.2) is 54.0 Å². The second kappa shape index (κ2) is 10.4. The molecule has 4 rings (SSSR count). The first kappa shape index (κ1) is 24.6. The zero-order chi connectivity index (χ0) is 25.0. The van der Waals surface area contributed by atoms with Gasteiger partial charge in [-0.05, 0) is 49.5 Å². The van der Waals surface area contributed by atoms with Gasteiger partial charge < -0.3 is 20.4 Å². The van der Waals surface area contributed by atoms with Crippen LogP contribution in [0.2, 0.25) is 5.02 Å². The standard InChI is InChI=1S/C25H25ClF2N6O/c1-3-22(35)30-19-6-4-5-17(15-19)25(27,28)23-21(26)16-29-24(32-23)31-18-7-9-20(10-8-18)34-13-11-33(2)12-14-34/h3-10,15-16H,1,11-14H2,2H3,(H,30,35)(H,29,31,32). The molecule has 182 valence electrons. The van der Waals surface area contributed by atoms with Crippen LogP contribution < -0.4 is 15.5 Å². The van der Waals surface area contributed by atoms with E-state index in [-0.39, 0.29) is 22.2 Å². The minimum absolute atomic E-state index is 0.00691. The van der Waals surface area contributed by atoms with Crippen molar-refractivity contribution in [3.63, 3.8) is 0 Å². The maximum absolute atomic E-state index is 15.4. The number of carbonyl (C=O) groups is 1. The Bertz CT molecular complexity index is 1210. The predicted molar refractivity (Wildman–Crippen MR) is 135 cm³/mol. The van der Waals surface area contributed by atoms with Crippen molar-refractivity contribution in [1.82, 2.24) is 14.9 Å². The lowest BCUT2D eigenvalue weighted by molar-refractivity contribution is -0.111. The second-order valence-electron chi connectivity index (χ2n) is 8.20. The van der Waals surface area contributed by atoms with E-state index in [1.54, 1.807) is 0 Å². The summed E-state index contributed by atoms with van der Waals surface area (Å²) in [6, 6.07) is 13.0. The highest BCUT2D eigenvalue weighted by Gasteiger charge is 2.38. The Kier molecular flexibility index (Phi) is 7.28. The number of amides is 1. The third-order valence-corrected chi connectivity index (χ3v) is 5.99. The average molecular weight is 499 g/mol. The molecule has 2 aromatic carbocycles. The topological polar surface area (TPSA) is 73.4 Å². The normalized spacial score (nSPS) is 14.5. The number of piperazine rings is 1. The van der Waals surface area contributed by atoms with Crippen molar-refractivity contribution in [3.8, 4) is 0 Å². The number of alkyl halides is 2. The number of anilines is 4. The molecule has 1 fully saturated rings. The van der Waals surface area contributed by atoms with Gasteiger partial charge in [0.25, 0.3) is 0 Å². The summed E-state index contributed by atoms with van der Waals surface area (Å²) in [6.45, 7) is 7.24. The molecule has 10 heteroatoms. The number of likely N-dealkylation sites (N-methyl/N-ethyl adjacent to an activating group) is 1. The van der Waals surface area contributed by atoms with E-state index >= 15 is 8.78 Å². The van der Waals surface area contributed by atoms with E-state index < -0.39 is 17.5 Å². The molecule has 35 heavy (non-hydrogen) atoms. The van der Waals surface area contributed by atoms with Crippen LogP contribution in [0.3, 0.4) is 0 Å². The van der Waals surface area contributed by atoms with Crippen molar-refractivity contribution in [3.05, 3.63) is 83.7 Å². The summed E-state index contributed by atoms with van der Waals surface area (Å²) in [5.41, 5.74) is 0.946. The Morgan fingerprint density at radius 2 is 1.83 bits per heavy atom. The van der Waals surface area contributed by atoms with Gasteiger partial charge in [-0.2, -0.15) is 8.78 Å². The number of benzene rings is 2. The van der Waals surface area contributed by atoms with Crippen molar-refractivity contribution in [1.29, 1.82) is 0 Å². The van der Waals surface area contributed by atoms with Gasteiger partial charge >= 0.3 is 5.92 Å². The molecule has 2 N–H and O–H groups in total. The Morgan fingerprint density at radius 3 is 2.51 bits per heavy atom. The second-order valence-corrected chi connectivity index (χ2v) is 8.61. The zero-order valence-corrected chi connectivity index (χ0v) is 19.9. The van der Waals surface area contributed by atoms with Crippen molar-refractivity contribution in [2.24, 2.45) is 0 Å². The minimum Gasteiger partial charge on any atom is -0.369 e. The minimum atomic E-state index is -3.53. The van der Waals surface area contributed by atoms with Crippen LogP contribution in [0.1, 0.15) is 11.3 Å². The van der Waals surface area contributed by atoms with Crippen molar-refractivity contribution in [2.75, 3.05) is 48.8 Å². The van der Waals surface area contributed by atoms with E-state index in [4.69, 9.17) is 11.6 Å². The summed E-state index contributed by atoms with van der Waals surface area (Å²) in [7, 11) is 2.10. The van der Waals surface area contributed by atoms with E-state index in [1.165, 1.54) is 24.3 Å². The van der Waals surface area contributed by atoms with E-state index in [0.717, 1.165) is 44.1 Å². The predicted octanol–water partition coefficient (Wildman–Crippen LogP) is 4.89. The highest BCUT2D eigenvalue weighted by Crippen LogP contribution is 2.39. The number of hydrogen-bond acceptors (Lipinski definition) is 6. The van der Waals surface area contributed by atoms with Gasteiger partial charge in [0, 0.05) is 48.8 Å². The molecule has 0 atom stereocenters. The molecule has 1 aliphatic rings. The molecule has 2 heterocycles. The van der Waals surface area contributed by atoms with Crippen molar-refractivity contribution < 1.29 is 13.6 Å². The fourth-order valence-electron chi connectivity index (χ4n) is 3.72. The van der Waals surface area contributed by atoms with Crippen molar-refractivity contribution in [2.45, 2.75) is 5.92 Å². The van der Waals surface area contributed by atoms with E-state index in [2.05, 4.69) is 44.0 Å². The molecule has 3 aromatic rings. The van der Waals surface area contributed by atoms with E-state index in [1.807, 2.05) is 24.3 Å². The smallest absolute Gasteiger partial charge is 0.316 e. The fourth-order valence-corrected chi connectivity index (χ4v) is 3.93. The number of nitrogens with zero attached hydrogens (tertiary/aromatic N) is 4. The summed E-state index contributed by atoms with van der Waals surface area (Å²) < 4.78 is 30.8. The molecule has 0 aliphatic carbocycles. The Balaban J connectivity index is 1.53. The lowest BCUT2D eigenvalue weighted by Crippen LogP contribution is -2.44. The molecule has 0 radical (unpaired) electrons. The summed E-state index contributed by atoms with van der Waals surface area (Å²) in [4.78, 5) is 24.2. The molecule has 1 aliphatic heterocycles. The number of rotatable bonds is 7. The Hall–Kier alpha value is -3.56. The van der Waals surface area contributed by atoms with Gasteiger partial charge in [-0.3, -0.25) is 4.79 Å². The highest BCUT2D eigenvalue weighted by atomic mass is 35.5. The van der Waals surface area contributed by atoms with Crippen LogP contribution in [0.4, 0.5) is 31.8 Å². The molecular weight excluding hydrogens is 474 g/mol. The monoisotopic (exact) mass is 498 g/mol. The number of carbonyl (C=O) groups excluding carboxylic acids is 1. The molecular formula is C25H25ClF2N6O. The van der Waals surface area contributed by atoms with Crippen LogP contribution >= 0.6 is 11.6 Å². The Labute approximate surface area is 207 Å². The van der Waals surface area contributed by atoms with Gasteiger partial charge in [-0.25, -0.2) is 9.97 Å². The highest BCUT2D eigenvalue weighted by molar-refractivity contribution is 6.31. The lowest BCUT2D eigenvalue weighted by Gasteiger charge is -2.34. The molecule has 0 bridgehead atoms. The quantitative estimate of drug-likeness (QED) is 0.452. The van der Waals surface area contributed by atoms with Crippen LogP contribution in [-0.2, 0) is 10.7 Å². The van der Waals surface area contributed by atoms with Gasteiger partial charge in [0.1, 0.15) is 5.69 Å². The lowest BCUT2D eigenvalue weighted by atomic mass is 10.0. The van der Waals surface area contributed by atoms with E-state index in [9.17, 15) is 4.79 Å². The summed E-state index contributed by atoms with van der Waals surface area (Å²) in [5, 5.41) is 5.17.